The highest BCUT2D eigenvalue weighted by Crippen LogP contribution is 2.39. The standard InChI is InChI=1S/C14H18O/c15-14-12(8-10-4-5-10)2-1-3-13(14)9-11-6-7-11/h1-3,10-11,15H,4-9H2. The molecule has 1 N–H and O–H groups in total. The Morgan fingerprint density at radius 1 is 0.933 bits per heavy atom. The number of para-hydroxylation sites is 1. The average molecular weight is 202 g/mol. The molecular formula is C14H18O. The summed E-state index contributed by atoms with van der Waals surface area (Å²) in [6.07, 6.45) is 7.59. The number of phenols is 1. The fourth-order valence-corrected chi connectivity index (χ4v) is 2.24. The van der Waals surface area contributed by atoms with E-state index in [2.05, 4.69) is 18.2 Å². The van der Waals surface area contributed by atoms with Crippen LogP contribution in [0.1, 0.15) is 36.8 Å². The van der Waals surface area contributed by atoms with Gasteiger partial charge in [-0.1, -0.05) is 18.2 Å². The molecule has 0 aliphatic heterocycles. The van der Waals surface area contributed by atoms with E-state index in [-0.39, 0.29) is 0 Å². The van der Waals surface area contributed by atoms with Crippen LogP contribution in [0.25, 0.3) is 0 Å². The van der Waals surface area contributed by atoms with Crippen molar-refractivity contribution in [3.8, 4) is 5.75 Å². The maximum Gasteiger partial charge on any atom is 0.121 e. The Bertz CT molecular complexity index is 329. The summed E-state index contributed by atoms with van der Waals surface area (Å²) >= 11 is 0. The lowest BCUT2D eigenvalue weighted by Crippen LogP contribution is -1.93. The van der Waals surface area contributed by atoms with E-state index in [9.17, 15) is 5.11 Å². The van der Waals surface area contributed by atoms with Crippen molar-refractivity contribution in [2.45, 2.75) is 38.5 Å². The molecule has 0 heterocycles. The van der Waals surface area contributed by atoms with Crippen molar-refractivity contribution < 1.29 is 5.11 Å². The van der Waals surface area contributed by atoms with Crippen LogP contribution in [0.15, 0.2) is 18.2 Å². The molecule has 2 aliphatic carbocycles. The first-order chi connectivity index (χ1) is 7.33. The lowest BCUT2D eigenvalue weighted by molar-refractivity contribution is 0.457. The molecule has 0 aromatic heterocycles. The Morgan fingerprint density at radius 2 is 1.40 bits per heavy atom. The third-order valence-electron chi connectivity index (χ3n) is 3.61. The summed E-state index contributed by atoms with van der Waals surface area (Å²) in [7, 11) is 0. The Morgan fingerprint density at radius 3 is 1.80 bits per heavy atom. The second-order valence-electron chi connectivity index (χ2n) is 5.22. The predicted molar refractivity (Wildman–Crippen MR) is 61.0 cm³/mol. The SMILES string of the molecule is Oc1c(CC2CC2)cccc1CC1CC1. The Kier molecular flexibility index (Phi) is 2.19. The molecular weight excluding hydrogens is 184 g/mol. The molecule has 1 nitrogen and oxygen atoms in total. The first kappa shape index (κ1) is 9.26. The summed E-state index contributed by atoms with van der Waals surface area (Å²) in [5.74, 6) is 2.30. The number of phenolic OH excluding ortho intramolecular Hbond substituents is 1. The predicted octanol–water partition coefficient (Wildman–Crippen LogP) is 3.30. The first-order valence-corrected chi connectivity index (χ1v) is 6.12. The monoisotopic (exact) mass is 202 g/mol. The summed E-state index contributed by atoms with van der Waals surface area (Å²) in [6, 6.07) is 6.28. The van der Waals surface area contributed by atoms with Crippen LogP contribution < -0.4 is 0 Å². The van der Waals surface area contributed by atoms with E-state index in [0.29, 0.717) is 5.75 Å². The maximum atomic E-state index is 10.1. The van der Waals surface area contributed by atoms with Crippen molar-refractivity contribution in [3.05, 3.63) is 29.3 Å². The van der Waals surface area contributed by atoms with E-state index in [1.807, 2.05) is 0 Å². The van der Waals surface area contributed by atoms with Gasteiger partial charge >= 0.3 is 0 Å². The highest BCUT2D eigenvalue weighted by atomic mass is 16.3. The van der Waals surface area contributed by atoms with E-state index in [1.165, 1.54) is 36.8 Å². The summed E-state index contributed by atoms with van der Waals surface area (Å²) < 4.78 is 0. The molecule has 0 saturated heterocycles. The van der Waals surface area contributed by atoms with Gasteiger partial charge in [-0.25, -0.2) is 0 Å². The quantitative estimate of drug-likeness (QED) is 0.794. The van der Waals surface area contributed by atoms with Gasteiger partial charge in [0.15, 0.2) is 0 Å². The van der Waals surface area contributed by atoms with Gasteiger partial charge in [0.05, 0.1) is 0 Å². The van der Waals surface area contributed by atoms with Gasteiger partial charge < -0.3 is 5.11 Å². The molecule has 80 valence electrons. The van der Waals surface area contributed by atoms with Gasteiger partial charge in [-0.2, -0.15) is 0 Å². The van der Waals surface area contributed by atoms with Gasteiger partial charge in [-0.3, -0.25) is 0 Å². The van der Waals surface area contributed by atoms with Crippen LogP contribution >= 0.6 is 0 Å². The van der Waals surface area contributed by atoms with Crippen LogP contribution in [-0.2, 0) is 12.8 Å². The third kappa shape index (κ3) is 2.17. The molecule has 1 aromatic carbocycles. The molecule has 0 atom stereocenters. The van der Waals surface area contributed by atoms with Crippen LogP contribution in [0.5, 0.6) is 5.75 Å². The zero-order chi connectivity index (χ0) is 10.3. The molecule has 2 saturated carbocycles. The number of hydrogen-bond acceptors (Lipinski definition) is 1. The zero-order valence-electron chi connectivity index (χ0n) is 9.08. The minimum Gasteiger partial charge on any atom is -0.507 e. The zero-order valence-corrected chi connectivity index (χ0v) is 9.08. The summed E-state index contributed by atoms with van der Waals surface area (Å²) in [6.45, 7) is 0. The van der Waals surface area contributed by atoms with Crippen LogP contribution in [0.3, 0.4) is 0 Å². The van der Waals surface area contributed by atoms with E-state index in [1.54, 1.807) is 0 Å². The van der Waals surface area contributed by atoms with E-state index in [0.717, 1.165) is 24.7 Å². The van der Waals surface area contributed by atoms with Gasteiger partial charge in [0.2, 0.25) is 0 Å². The van der Waals surface area contributed by atoms with Crippen molar-refractivity contribution in [2.24, 2.45) is 11.8 Å². The van der Waals surface area contributed by atoms with E-state index >= 15 is 0 Å². The Hall–Kier alpha value is -0.980. The number of benzene rings is 1. The Labute approximate surface area is 91.1 Å². The molecule has 2 fully saturated rings. The van der Waals surface area contributed by atoms with Crippen molar-refractivity contribution >= 4 is 0 Å². The molecule has 0 unspecified atom stereocenters. The van der Waals surface area contributed by atoms with Gasteiger partial charge in [0.1, 0.15) is 5.75 Å². The highest BCUT2D eigenvalue weighted by molar-refractivity contribution is 5.41. The summed E-state index contributed by atoms with van der Waals surface area (Å²) in [5, 5.41) is 10.1. The molecule has 0 spiro atoms. The summed E-state index contributed by atoms with van der Waals surface area (Å²) in [4.78, 5) is 0. The Balaban J connectivity index is 1.79. The third-order valence-corrected chi connectivity index (χ3v) is 3.61. The fourth-order valence-electron chi connectivity index (χ4n) is 2.24. The van der Waals surface area contributed by atoms with Crippen LogP contribution in [0.4, 0.5) is 0 Å². The van der Waals surface area contributed by atoms with Crippen LogP contribution in [-0.4, -0.2) is 5.11 Å². The second-order valence-corrected chi connectivity index (χ2v) is 5.22. The van der Waals surface area contributed by atoms with Crippen molar-refractivity contribution in [2.75, 3.05) is 0 Å². The van der Waals surface area contributed by atoms with Crippen LogP contribution in [0, 0.1) is 11.8 Å². The largest absolute Gasteiger partial charge is 0.507 e. The molecule has 0 radical (unpaired) electrons. The molecule has 1 aromatic rings. The normalized spacial score (nSPS) is 20.5. The van der Waals surface area contributed by atoms with E-state index in [4.69, 9.17) is 0 Å². The summed E-state index contributed by atoms with van der Waals surface area (Å²) in [5.41, 5.74) is 2.35. The minimum absolute atomic E-state index is 0.594. The molecule has 0 amide bonds. The van der Waals surface area contributed by atoms with E-state index < -0.39 is 0 Å². The lowest BCUT2D eigenvalue weighted by atomic mass is 10.0. The maximum absolute atomic E-state index is 10.1. The first-order valence-electron chi connectivity index (χ1n) is 6.12. The van der Waals surface area contributed by atoms with Crippen molar-refractivity contribution in [1.82, 2.24) is 0 Å². The molecule has 0 bridgehead atoms. The molecule has 15 heavy (non-hydrogen) atoms. The van der Waals surface area contributed by atoms with Crippen molar-refractivity contribution in [1.29, 1.82) is 0 Å². The average Bonchev–Trinajstić information content (AvgIpc) is 3.06. The van der Waals surface area contributed by atoms with Gasteiger partial charge in [-0.15, -0.1) is 0 Å². The van der Waals surface area contributed by atoms with Gasteiger partial charge in [-0.05, 0) is 61.5 Å². The number of hydrogen-bond donors (Lipinski definition) is 1. The smallest absolute Gasteiger partial charge is 0.121 e. The molecule has 3 rings (SSSR count). The van der Waals surface area contributed by atoms with Crippen LogP contribution in [0.2, 0.25) is 0 Å². The van der Waals surface area contributed by atoms with Gasteiger partial charge in [0, 0.05) is 0 Å². The van der Waals surface area contributed by atoms with Gasteiger partial charge in [0.25, 0.3) is 0 Å². The lowest BCUT2D eigenvalue weighted by Gasteiger charge is -2.08. The fraction of sp³-hybridized carbons (Fsp3) is 0.571. The second kappa shape index (κ2) is 3.55. The topological polar surface area (TPSA) is 20.2 Å². The highest BCUT2D eigenvalue weighted by Gasteiger charge is 2.25. The van der Waals surface area contributed by atoms with Crippen molar-refractivity contribution in [3.63, 3.8) is 0 Å². The molecule has 1 heteroatoms. The number of rotatable bonds is 4. The minimum atomic E-state index is 0.594. The number of aromatic hydroxyl groups is 1. The molecule has 2 aliphatic rings.